The number of thiophene rings is 1. The first kappa shape index (κ1) is 15.9. The maximum atomic E-state index is 12.2. The van der Waals surface area contributed by atoms with Gasteiger partial charge in [-0.05, 0) is 36.3 Å². The predicted molar refractivity (Wildman–Crippen MR) is 83.8 cm³/mol. The molecule has 1 aromatic rings. The third kappa shape index (κ3) is 3.51. The molecule has 1 amide bonds. The Balaban J connectivity index is 1.61. The summed E-state index contributed by atoms with van der Waals surface area (Å²) in [5, 5.41) is 1.98. The summed E-state index contributed by atoms with van der Waals surface area (Å²) in [6.07, 6.45) is 3.29. The van der Waals surface area contributed by atoms with Crippen molar-refractivity contribution in [2.75, 3.05) is 19.7 Å². The molecule has 1 unspecified atom stereocenters. The maximum Gasteiger partial charge on any atom is 0.303 e. The Morgan fingerprint density at radius 3 is 2.91 bits per heavy atom. The lowest BCUT2D eigenvalue weighted by atomic mass is 10.1. The van der Waals surface area contributed by atoms with Crippen LogP contribution >= 0.6 is 11.3 Å². The Morgan fingerprint density at radius 1 is 1.36 bits per heavy atom. The summed E-state index contributed by atoms with van der Waals surface area (Å²) in [7, 11) is -3.72. The number of hydrogen-bond acceptors (Lipinski definition) is 5. The highest BCUT2D eigenvalue weighted by Gasteiger charge is 2.29. The van der Waals surface area contributed by atoms with E-state index < -0.39 is 16.1 Å². The predicted octanol–water partition coefficient (Wildman–Crippen LogP) is 1.60. The highest BCUT2D eigenvalue weighted by molar-refractivity contribution is 7.87. The molecule has 0 radical (unpaired) electrons. The van der Waals surface area contributed by atoms with Gasteiger partial charge in [-0.15, -0.1) is 11.3 Å². The molecule has 0 bridgehead atoms. The molecule has 0 aromatic carbocycles. The molecule has 22 heavy (non-hydrogen) atoms. The largest absolute Gasteiger partial charge is 0.372 e. The lowest BCUT2D eigenvalue weighted by molar-refractivity contribution is -0.122. The first-order valence-corrected chi connectivity index (χ1v) is 9.87. The number of carbonyl (C=O) groups is 1. The van der Waals surface area contributed by atoms with Crippen molar-refractivity contribution in [1.29, 1.82) is 0 Å². The smallest absolute Gasteiger partial charge is 0.303 e. The van der Waals surface area contributed by atoms with Gasteiger partial charge in [-0.3, -0.25) is 4.79 Å². The SMILES string of the molecule is O=C(CC1OCCc2ccsc21)NS(=O)(=O)N1CCCCC1. The monoisotopic (exact) mass is 344 g/mol. The third-order valence-corrected chi connectivity index (χ3v) is 6.61. The Kier molecular flexibility index (Phi) is 4.82. The molecule has 0 spiro atoms. The van der Waals surface area contributed by atoms with E-state index in [1.54, 1.807) is 11.3 Å². The molecule has 3 rings (SSSR count). The summed E-state index contributed by atoms with van der Waals surface area (Å²) in [6, 6.07) is 2.04. The molecule has 2 aliphatic heterocycles. The lowest BCUT2D eigenvalue weighted by Gasteiger charge is -2.26. The number of nitrogens with one attached hydrogen (secondary N) is 1. The Hall–Kier alpha value is -0.960. The van der Waals surface area contributed by atoms with Crippen molar-refractivity contribution >= 4 is 27.5 Å². The topological polar surface area (TPSA) is 75.7 Å². The van der Waals surface area contributed by atoms with Gasteiger partial charge in [-0.1, -0.05) is 6.42 Å². The van der Waals surface area contributed by atoms with E-state index in [-0.39, 0.29) is 12.5 Å². The number of amides is 1. The standard InChI is InChI=1S/C14H20N2O4S2/c17-13(15-22(18,19)16-6-2-1-3-7-16)10-12-14-11(4-8-20-12)5-9-21-14/h5,9,12H,1-4,6-8,10H2,(H,15,17). The summed E-state index contributed by atoms with van der Waals surface area (Å²) in [5.41, 5.74) is 1.20. The summed E-state index contributed by atoms with van der Waals surface area (Å²) in [6.45, 7) is 1.54. The zero-order valence-electron chi connectivity index (χ0n) is 12.3. The fourth-order valence-corrected chi connectivity index (χ4v) is 5.14. The van der Waals surface area contributed by atoms with Crippen LogP contribution in [0.5, 0.6) is 0 Å². The van der Waals surface area contributed by atoms with E-state index >= 15 is 0 Å². The second-order valence-electron chi connectivity index (χ2n) is 5.61. The van der Waals surface area contributed by atoms with Crippen LogP contribution in [0.3, 0.4) is 0 Å². The average molecular weight is 344 g/mol. The molecule has 0 aliphatic carbocycles. The minimum atomic E-state index is -3.72. The van der Waals surface area contributed by atoms with Crippen molar-refractivity contribution < 1.29 is 17.9 Å². The third-order valence-electron chi connectivity index (χ3n) is 4.03. The van der Waals surface area contributed by atoms with Crippen molar-refractivity contribution in [3.05, 3.63) is 21.9 Å². The summed E-state index contributed by atoms with van der Waals surface area (Å²) in [5.74, 6) is -0.503. The van der Waals surface area contributed by atoms with Crippen LogP contribution in [0.25, 0.3) is 0 Å². The zero-order valence-corrected chi connectivity index (χ0v) is 13.9. The van der Waals surface area contributed by atoms with E-state index in [1.165, 1.54) is 9.87 Å². The molecule has 1 atom stereocenters. The van der Waals surface area contributed by atoms with E-state index in [0.717, 1.165) is 30.6 Å². The number of ether oxygens (including phenoxy) is 1. The van der Waals surface area contributed by atoms with Gasteiger partial charge in [0.25, 0.3) is 0 Å². The summed E-state index contributed by atoms with van der Waals surface area (Å²) < 4.78 is 33.5. The number of carbonyl (C=O) groups excluding carboxylic acids is 1. The fourth-order valence-electron chi connectivity index (χ4n) is 2.90. The number of nitrogens with zero attached hydrogens (tertiary/aromatic N) is 1. The van der Waals surface area contributed by atoms with Gasteiger partial charge in [0.1, 0.15) is 6.10 Å². The van der Waals surface area contributed by atoms with Crippen LogP contribution in [0.4, 0.5) is 0 Å². The van der Waals surface area contributed by atoms with E-state index in [0.29, 0.717) is 19.7 Å². The molecule has 3 heterocycles. The van der Waals surface area contributed by atoms with Crippen LogP contribution in [0.2, 0.25) is 0 Å². The van der Waals surface area contributed by atoms with Crippen LogP contribution < -0.4 is 4.72 Å². The average Bonchev–Trinajstić information content (AvgIpc) is 2.97. The number of rotatable bonds is 4. The van der Waals surface area contributed by atoms with Gasteiger partial charge in [-0.2, -0.15) is 12.7 Å². The molecular weight excluding hydrogens is 324 g/mol. The fraction of sp³-hybridized carbons (Fsp3) is 0.643. The quantitative estimate of drug-likeness (QED) is 0.900. The Bertz CT molecular complexity index is 635. The van der Waals surface area contributed by atoms with Crippen molar-refractivity contribution in [2.45, 2.75) is 38.2 Å². The van der Waals surface area contributed by atoms with Crippen molar-refractivity contribution in [3.8, 4) is 0 Å². The molecule has 2 aliphatic rings. The van der Waals surface area contributed by atoms with Gasteiger partial charge in [0.05, 0.1) is 13.0 Å². The molecule has 122 valence electrons. The van der Waals surface area contributed by atoms with E-state index in [4.69, 9.17) is 4.74 Å². The van der Waals surface area contributed by atoms with Gasteiger partial charge in [-0.25, -0.2) is 4.72 Å². The van der Waals surface area contributed by atoms with Crippen molar-refractivity contribution in [1.82, 2.24) is 9.03 Å². The van der Waals surface area contributed by atoms with Crippen LogP contribution in [0, 0.1) is 0 Å². The first-order chi connectivity index (χ1) is 10.6. The molecule has 1 fully saturated rings. The second kappa shape index (κ2) is 6.66. The highest BCUT2D eigenvalue weighted by atomic mass is 32.2. The Labute approximate surface area is 134 Å². The van der Waals surface area contributed by atoms with Crippen molar-refractivity contribution in [2.24, 2.45) is 0 Å². The van der Waals surface area contributed by atoms with Crippen LogP contribution in [-0.2, 0) is 26.2 Å². The van der Waals surface area contributed by atoms with E-state index in [2.05, 4.69) is 4.72 Å². The van der Waals surface area contributed by atoms with Crippen molar-refractivity contribution in [3.63, 3.8) is 0 Å². The maximum absolute atomic E-state index is 12.2. The summed E-state index contributed by atoms with van der Waals surface area (Å²) in [4.78, 5) is 13.1. The van der Waals surface area contributed by atoms with E-state index in [1.807, 2.05) is 11.4 Å². The Morgan fingerprint density at radius 2 is 2.14 bits per heavy atom. The molecule has 1 saturated heterocycles. The molecule has 1 N–H and O–H groups in total. The number of piperidine rings is 1. The van der Waals surface area contributed by atoms with Crippen LogP contribution in [0.1, 0.15) is 42.2 Å². The van der Waals surface area contributed by atoms with Gasteiger partial charge in [0.2, 0.25) is 5.91 Å². The normalized spacial score (nSPS) is 23.0. The molecule has 6 nitrogen and oxygen atoms in total. The molecule has 0 saturated carbocycles. The number of hydrogen-bond donors (Lipinski definition) is 1. The first-order valence-electron chi connectivity index (χ1n) is 7.55. The molecular formula is C14H20N2O4S2. The summed E-state index contributed by atoms with van der Waals surface area (Å²) >= 11 is 1.56. The van der Waals surface area contributed by atoms with E-state index in [9.17, 15) is 13.2 Å². The minimum absolute atomic E-state index is 0.0422. The minimum Gasteiger partial charge on any atom is -0.372 e. The lowest BCUT2D eigenvalue weighted by Crippen LogP contribution is -2.46. The van der Waals surface area contributed by atoms with Gasteiger partial charge < -0.3 is 4.74 Å². The van der Waals surface area contributed by atoms with Gasteiger partial charge >= 0.3 is 10.2 Å². The molecule has 1 aromatic heterocycles. The zero-order chi connectivity index (χ0) is 15.6. The highest BCUT2D eigenvalue weighted by Crippen LogP contribution is 2.33. The van der Waals surface area contributed by atoms with Gasteiger partial charge in [0, 0.05) is 18.0 Å². The van der Waals surface area contributed by atoms with Gasteiger partial charge in [0.15, 0.2) is 0 Å². The second-order valence-corrected chi connectivity index (χ2v) is 8.23. The van der Waals surface area contributed by atoms with Crippen LogP contribution in [0.15, 0.2) is 11.4 Å². The number of fused-ring (bicyclic) bond motifs is 1. The molecule has 8 heteroatoms. The van der Waals surface area contributed by atoms with Crippen LogP contribution in [-0.4, -0.2) is 38.3 Å².